The van der Waals surface area contributed by atoms with Gasteiger partial charge in [-0.05, 0) is 49.1 Å². The number of carbonyl (C=O) groups is 2. The number of likely N-dealkylation sites (tertiary alicyclic amines) is 1. The first-order valence-electron chi connectivity index (χ1n) is 9.43. The minimum absolute atomic E-state index is 0.196. The fourth-order valence-electron chi connectivity index (χ4n) is 3.27. The molecule has 154 valence electrons. The number of carbonyl (C=O) groups excluding carboxylic acids is 2. The topological polar surface area (TPSA) is 61.4 Å². The maximum Gasteiger partial charge on any atom is 0.416 e. The lowest BCUT2D eigenvalue weighted by atomic mass is 10.0. The van der Waals surface area contributed by atoms with Gasteiger partial charge in [-0.2, -0.15) is 13.2 Å². The molecule has 2 N–H and O–H groups in total. The van der Waals surface area contributed by atoms with Crippen molar-refractivity contribution in [3.63, 3.8) is 0 Å². The second-order valence-electron chi connectivity index (χ2n) is 6.90. The van der Waals surface area contributed by atoms with Crippen LogP contribution in [-0.4, -0.2) is 29.9 Å². The van der Waals surface area contributed by atoms with Crippen LogP contribution in [0.15, 0.2) is 54.6 Å². The highest BCUT2D eigenvalue weighted by Crippen LogP contribution is 2.29. The number of benzene rings is 2. The minimum Gasteiger partial charge on any atom is -0.341 e. The number of piperidine rings is 1. The van der Waals surface area contributed by atoms with Gasteiger partial charge in [-0.25, -0.2) is 4.79 Å². The number of halogens is 3. The molecule has 0 spiro atoms. The lowest BCUT2D eigenvalue weighted by molar-refractivity contribution is -0.137. The molecule has 0 radical (unpaired) electrons. The summed E-state index contributed by atoms with van der Waals surface area (Å²) < 4.78 is 38.0. The van der Waals surface area contributed by atoms with Gasteiger partial charge in [-0.3, -0.25) is 4.79 Å². The zero-order chi connectivity index (χ0) is 20.9. The third kappa shape index (κ3) is 5.49. The Labute approximate surface area is 166 Å². The molecule has 1 fully saturated rings. The quantitative estimate of drug-likeness (QED) is 0.782. The lowest BCUT2D eigenvalue weighted by Gasteiger charge is -2.31. The summed E-state index contributed by atoms with van der Waals surface area (Å²) in [6.45, 7) is 1.29. The molecule has 8 heteroatoms. The van der Waals surface area contributed by atoms with Gasteiger partial charge < -0.3 is 15.5 Å². The van der Waals surface area contributed by atoms with Crippen molar-refractivity contribution < 1.29 is 22.8 Å². The van der Waals surface area contributed by atoms with Crippen molar-refractivity contribution in [3.05, 3.63) is 65.7 Å². The van der Waals surface area contributed by atoms with Gasteiger partial charge in [0.15, 0.2) is 0 Å². The molecule has 1 aliphatic heterocycles. The fourth-order valence-corrected chi connectivity index (χ4v) is 3.27. The van der Waals surface area contributed by atoms with Crippen molar-refractivity contribution in [3.8, 4) is 0 Å². The number of alkyl halides is 3. The van der Waals surface area contributed by atoms with E-state index >= 15 is 0 Å². The van der Waals surface area contributed by atoms with Crippen LogP contribution >= 0.6 is 0 Å². The van der Waals surface area contributed by atoms with Crippen molar-refractivity contribution >= 4 is 17.6 Å². The second-order valence-corrected chi connectivity index (χ2v) is 6.90. The summed E-state index contributed by atoms with van der Waals surface area (Å²) >= 11 is 0. The van der Waals surface area contributed by atoms with Crippen LogP contribution < -0.4 is 10.6 Å². The first-order valence-corrected chi connectivity index (χ1v) is 9.43. The summed E-state index contributed by atoms with van der Waals surface area (Å²) in [5, 5.41) is 5.15. The molecule has 29 heavy (non-hydrogen) atoms. The molecule has 1 aliphatic rings. The maximum absolute atomic E-state index is 13.0. The minimum atomic E-state index is -4.44. The molecule has 2 aromatic carbocycles. The predicted octanol–water partition coefficient (Wildman–Crippen LogP) is 4.58. The van der Waals surface area contributed by atoms with Crippen molar-refractivity contribution in [1.29, 1.82) is 0 Å². The Bertz CT molecular complexity index is 832. The molecule has 0 bridgehead atoms. The van der Waals surface area contributed by atoms with Crippen molar-refractivity contribution in [2.24, 2.45) is 0 Å². The van der Waals surface area contributed by atoms with E-state index in [4.69, 9.17) is 0 Å². The Morgan fingerprint density at radius 1 is 0.897 bits per heavy atom. The summed E-state index contributed by atoms with van der Waals surface area (Å²) in [6, 6.07) is 11.5. The molecule has 1 heterocycles. The van der Waals surface area contributed by atoms with Gasteiger partial charge in [0, 0.05) is 18.8 Å². The van der Waals surface area contributed by atoms with E-state index in [2.05, 4.69) is 10.6 Å². The number of hydrogen-bond donors (Lipinski definition) is 2. The van der Waals surface area contributed by atoms with E-state index in [9.17, 15) is 22.8 Å². The third-order valence-electron chi connectivity index (χ3n) is 4.79. The standard InChI is InChI=1S/C21H22F3N3O2/c22-21(23,24)16-9-11-17(12-10-16)25-20(29)26-18(15-7-3-1-4-8-15)19(28)27-13-5-2-6-14-27/h1,3-4,7-12,18H,2,5-6,13-14H2,(H2,25,26,29)/t18-/m0/s1. The monoisotopic (exact) mass is 405 g/mol. The van der Waals surface area contributed by atoms with Gasteiger partial charge in [0.25, 0.3) is 0 Å². The van der Waals surface area contributed by atoms with E-state index in [1.807, 2.05) is 6.07 Å². The summed E-state index contributed by atoms with van der Waals surface area (Å²) in [6.07, 6.45) is -1.53. The Hall–Kier alpha value is -3.03. The zero-order valence-corrected chi connectivity index (χ0v) is 15.7. The van der Waals surface area contributed by atoms with Crippen LogP contribution in [0.5, 0.6) is 0 Å². The average molecular weight is 405 g/mol. The first kappa shape index (κ1) is 20.7. The van der Waals surface area contributed by atoms with Crippen LogP contribution in [-0.2, 0) is 11.0 Å². The third-order valence-corrected chi connectivity index (χ3v) is 4.79. The summed E-state index contributed by atoms with van der Waals surface area (Å²) in [7, 11) is 0. The predicted molar refractivity (Wildman–Crippen MR) is 103 cm³/mol. The summed E-state index contributed by atoms with van der Waals surface area (Å²) in [4.78, 5) is 27.2. The van der Waals surface area contributed by atoms with Gasteiger partial charge >= 0.3 is 12.2 Å². The Morgan fingerprint density at radius 3 is 2.10 bits per heavy atom. The number of nitrogens with zero attached hydrogens (tertiary/aromatic N) is 1. The molecule has 1 saturated heterocycles. The van der Waals surface area contributed by atoms with Gasteiger partial charge in [0.1, 0.15) is 6.04 Å². The molecule has 5 nitrogen and oxygen atoms in total. The largest absolute Gasteiger partial charge is 0.416 e. The number of anilines is 1. The Balaban J connectivity index is 1.71. The normalized spacial score (nSPS) is 15.5. The zero-order valence-electron chi connectivity index (χ0n) is 15.7. The molecule has 0 aromatic heterocycles. The van der Waals surface area contributed by atoms with Gasteiger partial charge in [-0.1, -0.05) is 30.3 Å². The molecule has 1 atom stereocenters. The highest BCUT2D eigenvalue weighted by atomic mass is 19.4. The second kappa shape index (κ2) is 8.98. The molecule has 0 unspecified atom stereocenters. The van der Waals surface area contributed by atoms with Crippen LogP contribution in [0.3, 0.4) is 0 Å². The number of amides is 3. The highest BCUT2D eigenvalue weighted by molar-refractivity contribution is 5.94. The van der Waals surface area contributed by atoms with E-state index in [0.717, 1.165) is 31.4 Å². The van der Waals surface area contributed by atoms with Gasteiger partial charge in [0.2, 0.25) is 5.91 Å². The average Bonchev–Trinajstić information content (AvgIpc) is 2.72. The van der Waals surface area contributed by atoms with Crippen LogP contribution in [0.2, 0.25) is 0 Å². The van der Waals surface area contributed by atoms with Crippen LogP contribution in [0.1, 0.15) is 36.4 Å². The van der Waals surface area contributed by atoms with Crippen molar-refractivity contribution in [2.45, 2.75) is 31.5 Å². The van der Waals surface area contributed by atoms with Crippen LogP contribution in [0.25, 0.3) is 0 Å². The van der Waals surface area contributed by atoms with Crippen molar-refractivity contribution in [2.75, 3.05) is 18.4 Å². The molecule has 0 saturated carbocycles. The first-order chi connectivity index (χ1) is 13.8. The van der Waals surface area contributed by atoms with E-state index in [1.54, 1.807) is 29.2 Å². The Morgan fingerprint density at radius 2 is 1.52 bits per heavy atom. The summed E-state index contributed by atoms with van der Waals surface area (Å²) in [5.41, 5.74) is 0.0456. The number of urea groups is 1. The smallest absolute Gasteiger partial charge is 0.341 e. The van der Waals surface area contributed by atoms with Crippen molar-refractivity contribution in [1.82, 2.24) is 10.2 Å². The summed E-state index contributed by atoms with van der Waals surface area (Å²) in [5.74, 6) is -0.196. The molecule has 3 rings (SSSR count). The fraction of sp³-hybridized carbons (Fsp3) is 0.333. The van der Waals surface area contributed by atoms with Crippen LogP contribution in [0, 0.1) is 0 Å². The van der Waals surface area contributed by atoms with Gasteiger partial charge in [0.05, 0.1) is 5.56 Å². The lowest BCUT2D eigenvalue weighted by Crippen LogP contribution is -2.45. The molecular formula is C21H22F3N3O2. The number of nitrogens with one attached hydrogen (secondary N) is 2. The van der Waals surface area contributed by atoms with Gasteiger partial charge in [-0.15, -0.1) is 0 Å². The van der Waals surface area contributed by atoms with E-state index in [1.165, 1.54) is 12.1 Å². The maximum atomic E-state index is 13.0. The van der Waals surface area contributed by atoms with E-state index in [-0.39, 0.29) is 11.6 Å². The molecular weight excluding hydrogens is 383 g/mol. The number of hydrogen-bond acceptors (Lipinski definition) is 2. The Kier molecular flexibility index (Phi) is 6.41. The molecule has 2 aromatic rings. The molecule has 3 amide bonds. The molecule has 0 aliphatic carbocycles. The van der Waals surface area contributed by atoms with E-state index in [0.29, 0.717) is 18.7 Å². The highest BCUT2D eigenvalue weighted by Gasteiger charge is 2.30. The van der Waals surface area contributed by atoms with E-state index < -0.39 is 23.8 Å². The SMILES string of the molecule is O=C(Nc1ccc(C(F)(F)F)cc1)N[C@H](C(=O)N1CCCCC1)c1ccccc1. The number of rotatable bonds is 4. The van der Waals surface area contributed by atoms with Crippen LogP contribution in [0.4, 0.5) is 23.7 Å².